The molecule has 1 N–H and O–H groups in total. The minimum Gasteiger partial charge on any atom is -0.390 e. The van der Waals surface area contributed by atoms with E-state index in [-0.39, 0.29) is 6.10 Å². The molecule has 3 rings (SSSR count). The second kappa shape index (κ2) is 6.27. The molecule has 0 spiro atoms. The van der Waals surface area contributed by atoms with Crippen LogP contribution in [0, 0.1) is 11.8 Å². The van der Waals surface area contributed by atoms with Gasteiger partial charge in [-0.05, 0) is 43.7 Å². The third-order valence-electron chi connectivity index (χ3n) is 5.26. The normalized spacial score (nSPS) is 32.8. The Morgan fingerprint density at radius 3 is 2.90 bits per heavy atom. The fraction of sp³-hybridized carbons (Fsp3) is 0.812. The largest absolute Gasteiger partial charge is 0.390 e. The SMILES string of the molecule is CC1CCN(CC(O)Cn2cccn2)C2CCCCC12. The van der Waals surface area contributed by atoms with Crippen molar-refractivity contribution in [3.05, 3.63) is 18.5 Å². The fourth-order valence-corrected chi connectivity index (χ4v) is 4.19. The van der Waals surface area contributed by atoms with E-state index >= 15 is 0 Å². The van der Waals surface area contributed by atoms with Gasteiger partial charge in [-0.2, -0.15) is 5.10 Å². The quantitative estimate of drug-likeness (QED) is 0.917. The van der Waals surface area contributed by atoms with Crippen molar-refractivity contribution in [1.82, 2.24) is 14.7 Å². The zero-order chi connectivity index (χ0) is 13.9. The van der Waals surface area contributed by atoms with Crippen LogP contribution in [0.25, 0.3) is 0 Å². The maximum atomic E-state index is 10.3. The van der Waals surface area contributed by atoms with Crippen molar-refractivity contribution in [1.29, 1.82) is 0 Å². The highest BCUT2D eigenvalue weighted by Crippen LogP contribution is 2.38. The molecule has 2 aliphatic rings. The van der Waals surface area contributed by atoms with Gasteiger partial charge >= 0.3 is 0 Å². The molecule has 4 atom stereocenters. The number of aliphatic hydroxyl groups is 1. The highest BCUT2D eigenvalue weighted by Gasteiger charge is 2.37. The Labute approximate surface area is 121 Å². The average molecular weight is 277 g/mol. The first-order valence-corrected chi connectivity index (χ1v) is 8.13. The molecule has 1 aromatic rings. The zero-order valence-electron chi connectivity index (χ0n) is 12.5. The third kappa shape index (κ3) is 3.07. The minimum atomic E-state index is -0.314. The predicted molar refractivity (Wildman–Crippen MR) is 79.3 cm³/mol. The number of likely N-dealkylation sites (tertiary alicyclic amines) is 1. The number of hydrogen-bond donors (Lipinski definition) is 1. The Balaban J connectivity index is 1.58. The molecule has 20 heavy (non-hydrogen) atoms. The fourth-order valence-electron chi connectivity index (χ4n) is 4.19. The van der Waals surface area contributed by atoms with E-state index in [9.17, 15) is 5.11 Å². The predicted octanol–water partition coefficient (Wildman–Crippen LogP) is 2.14. The highest BCUT2D eigenvalue weighted by atomic mass is 16.3. The Hall–Kier alpha value is -0.870. The smallest absolute Gasteiger partial charge is 0.0862 e. The summed E-state index contributed by atoms with van der Waals surface area (Å²) in [4.78, 5) is 2.55. The van der Waals surface area contributed by atoms with E-state index in [1.54, 1.807) is 6.20 Å². The van der Waals surface area contributed by atoms with Gasteiger partial charge in [-0.3, -0.25) is 9.58 Å². The van der Waals surface area contributed by atoms with Crippen molar-refractivity contribution < 1.29 is 5.11 Å². The molecule has 0 bridgehead atoms. The van der Waals surface area contributed by atoms with Crippen molar-refractivity contribution in [2.45, 2.75) is 57.7 Å². The zero-order valence-corrected chi connectivity index (χ0v) is 12.5. The second-order valence-electron chi connectivity index (χ2n) is 6.66. The molecular formula is C16H27N3O. The second-order valence-corrected chi connectivity index (χ2v) is 6.66. The Kier molecular flexibility index (Phi) is 4.41. The summed E-state index contributed by atoms with van der Waals surface area (Å²) in [6.07, 6.45) is 10.1. The maximum Gasteiger partial charge on any atom is 0.0862 e. The highest BCUT2D eigenvalue weighted by molar-refractivity contribution is 4.91. The van der Waals surface area contributed by atoms with Gasteiger partial charge in [-0.15, -0.1) is 0 Å². The average Bonchev–Trinajstić information content (AvgIpc) is 2.95. The summed E-state index contributed by atoms with van der Waals surface area (Å²) >= 11 is 0. The van der Waals surface area contributed by atoms with Crippen molar-refractivity contribution in [2.75, 3.05) is 13.1 Å². The van der Waals surface area contributed by atoms with Crippen LogP contribution < -0.4 is 0 Å². The molecule has 0 radical (unpaired) electrons. The van der Waals surface area contributed by atoms with Crippen LogP contribution in [0.2, 0.25) is 0 Å². The summed E-state index contributed by atoms with van der Waals surface area (Å²) in [6.45, 7) is 4.98. The molecule has 4 unspecified atom stereocenters. The molecular weight excluding hydrogens is 250 g/mol. The summed E-state index contributed by atoms with van der Waals surface area (Å²) < 4.78 is 1.83. The first kappa shape index (κ1) is 14.1. The molecule has 1 saturated carbocycles. The topological polar surface area (TPSA) is 41.3 Å². The number of aromatic nitrogens is 2. The van der Waals surface area contributed by atoms with Gasteiger partial charge < -0.3 is 5.11 Å². The van der Waals surface area contributed by atoms with Crippen molar-refractivity contribution in [2.24, 2.45) is 11.8 Å². The van der Waals surface area contributed by atoms with Crippen molar-refractivity contribution >= 4 is 0 Å². The summed E-state index contributed by atoms with van der Waals surface area (Å²) in [5, 5.41) is 14.5. The van der Waals surface area contributed by atoms with Crippen LogP contribution in [0.15, 0.2) is 18.5 Å². The van der Waals surface area contributed by atoms with Gasteiger partial charge in [-0.1, -0.05) is 19.8 Å². The summed E-state index contributed by atoms with van der Waals surface area (Å²) in [5.74, 6) is 1.72. The van der Waals surface area contributed by atoms with Gasteiger partial charge in [0.05, 0.1) is 12.6 Å². The molecule has 1 aliphatic carbocycles. The van der Waals surface area contributed by atoms with Crippen LogP contribution in [-0.2, 0) is 6.54 Å². The van der Waals surface area contributed by atoms with Gasteiger partial charge in [0, 0.05) is 25.0 Å². The standard InChI is InChI=1S/C16H27N3O/c1-13-7-10-18(16-6-3-2-5-15(13)16)11-14(20)12-19-9-4-8-17-19/h4,8-9,13-16,20H,2-3,5-7,10-12H2,1H3. The van der Waals surface area contributed by atoms with Crippen molar-refractivity contribution in [3.63, 3.8) is 0 Å². The Morgan fingerprint density at radius 2 is 2.10 bits per heavy atom. The number of rotatable bonds is 4. The number of fused-ring (bicyclic) bond motifs is 1. The Bertz CT molecular complexity index is 406. The van der Waals surface area contributed by atoms with Gasteiger partial charge in [0.25, 0.3) is 0 Å². The maximum absolute atomic E-state index is 10.3. The molecule has 2 heterocycles. The molecule has 112 valence electrons. The van der Waals surface area contributed by atoms with Crippen LogP contribution in [0.1, 0.15) is 39.0 Å². The molecule has 1 saturated heterocycles. The lowest BCUT2D eigenvalue weighted by Gasteiger charge is -2.47. The monoisotopic (exact) mass is 277 g/mol. The van der Waals surface area contributed by atoms with Crippen molar-refractivity contribution in [3.8, 4) is 0 Å². The van der Waals surface area contributed by atoms with Crippen LogP contribution >= 0.6 is 0 Å². The van der Waals surface area contributed by atoms with Gasteiger partial charge in [0.1, 0.15) is 0 Å². The van der Waals surface area contributed by atoms with E-state index in [1.165, 1.54) is 32.1 Å². The van der Waals surface area contributed by atoms with Crippen LogP contribution in [0.4, 0.5) is 0 Å². The lowest BCUT2D eigenvalue weighted by atomic mass is 9.72. The first-order chi connectivity index (χ1) is 9.74. The van der Waals surface area contributed by atoms with E-state index in [2.05, 4.69) is 16.9 Å². The number of piperidine rings is 1. The summed E-state index contributed by atoms with van der Waals surface area (Å²) in [6, 6.07) is 2.62. The van der Waals surface area contributed by atoms with Crippen LogP contribution in [0.3, 0.4) is 0 Å². The Morgan fingerprint density at radius 1 is 1.25 bits per heavy atom. The lowest BCUT2D eigenvalue weighted by Crippen LogP contribution is -2.52. The molecule has 1 aliphatic heterocycles. The summed E-state index contributed by atoms with van der Waals surface area (Å²) in [7, 11) is 0. The van der Waals surface area contributed by atoms with E-state index in [1.807, 2.05) is 16.9 Å². The number of aliphatic hydroxyl groups excluding tert-OH is 1. The van der Waals surface area contributed by atoms with Gasteiger partial charge in [-0.25, -0.2) is 0 Å². The molecule has 4 nitrogen and oxygen atoms in total. The summed E-state index contributed by atoms with van der Waals surface area (Å²) in [5.41, 5.74) is 0. The lowest BCUT2D eigenvalue weighted by molar-refractivity contribution is -0.00726. The molecule has 4 heteroatoms. The molecule has 1 aromatic heterocycles. The van der Waals surface area contributed by atoms with E-state index in [4.69, 9.17) is 0 Å². The molecule has 2 fully saturated rings. The van der Waals surface area contributed by atoms with Crippen LogP contribution in [-0.4, -0.2) is 45.0 Å². The number of β-amino-alcohol motifs (C(OH)–C–C–N with tert-alkyl or cyclic N) is 1. The van der Waals surface area contributed by atoms with E-state index in [0.29, 0.717) is 12.6 Å². The third-order valence-corrected chi connectivity index (χ3v) is 5.26. The van der Waals surface area contributed by atoms with Crippen LogP contribution in [0.5, 0.6) is 0 Å². The number of hydrogen-bond acceptors (Lipinski definition) is 3. The van der Waals surface area contributed by atoms with E-state index < -0.39 is 0 Å². The minimum absolute atomic E-state index is 0.314. The van der Waals surface area contributed by atoms with E-state index in [0.717, 1.165) is 24.9 Å². The molecule has 0 amide bonds. The van der Waals surface area contributed by atoms with Gasteiger partial charge in [0.2, 0.25) is 0 Å². The number of nitrogens with zero attached hydrogens (tertiary/aromatic N) is 3. The molecule has 0 aromatic carbocycles. The van der Waals surface area contributed by atoms with Gasteiger partial charge in [0.15, 0.2) is 0 Å². The first-order valence-electron chi connectivity index (χ1n) is 8.13.